The van der Waals surface area contributed by atoms with Gasteiger partial charge in [-0.15, -0.1) is 11.3 Å². The SMILES string of the molecule is Cc1ccc([C@@H]2CN(C(=O)NC[C@@H](C)c3cccs3)CCO2)o1. The molecule has 1 saturated heterocycles. The Labute approximate surface area is 140 Å². The van der Waals surface area contributed by atoms with Gasteiger partial charge < -0.3 is 19.4 Å². The van der Waals surface area contributed by atoms with Crippen molar-refractivity contribution in [3.05, 3.63) is 46.0 Å². The Morgan fingerprint density at radius 2 is 2.35 bits per heavy atom. The summed E-state index contributed by atoms with van der Waals surface area (Å²) in [7, 11) is 0. The Morgan fingerprint density at radius 1 is 1.48 bits per heavy atom. The summed E-state index contributed by atoms with van der Waals surface area (Å²) in [5.41, 5.74) is 0. The van der Waals surface area contributed by atoms with E-state index in [0.717, 1.165) is 11.5 Å². The number of hydrogen-bond acceptors (Lipinski definition) is 4. The molecule has 0 unspecified atom stereocenters. The van der Waals surface area contributed by atoms with Crippen molar-refractivity contribution in [1.82, 2.24) is 10.2 Å². The second-order valence-corrected chi connectivity index (χ2v) is 6.84. The fourth-order valence-electron chi connectivity index (χ4n) is 2.66. The van der Waals surface area contributed by atoms with Crippen LogP contribution in [-0.4, -0.2) is 37.2 Å². The van der Waals surface area contributed by atoms with Crippen LogP contribution in [0.3, 0.4) is 0 Å². The predicted octanol–water partition coefficient (Wildman–Crippen LogP) is 3.54. The highest BCUT2D eigenvalue weighted by Crippen LogP contribution is 2.24. The fourth-order valence-corrected chi connectivity index (χ4v) is 3.44. The van der Waals surface area contributed by atoms with Crippen molar-refractivity contribution in [3.8, 4) is 0 Å². The van der Waals surface area contributed by atoms with E-state index < -0.39 is 0 Å². The molecule has 0 spiro atoms. The Hall–Kier alpha value is -1.79. The average molecular weight is 334 g/mol. The fraction of sp³-hybridized carbons (Fsp3) is 0.471. The van der Waals surface area contributed by atoms with Gasteiger partial charge in [0.2, 0.25) is 0 Å². The third-order valence-electron chi connectivity index (χ3n) is 4.02. The molecule has 23 heavy (non-hydrogen) atoms. The van der Waals surface area contributed by atoms with Crippen molar-refractivity contribution in [1.29, 1.82) is 0 Å². The zero-order valence-electron chi connectivity index (χ0n) is 13.5. The topological polar surface area (TPSA) is 54.7 Å². The molecule has 1 aliphatic rings. The van der Waals surface area contributed by atoms with Crippen LogP contribution >= 0.6 is 11.3 Å². The monoisotopic (exact) mass is 334 g/mol. The first-order chi connectivity index (χ1) is 11.1. The molecule has 1 aliphatic heterocycles. The minimum Gasteiger partial charge on any atom is -0.464 e. The summed E-state index contributed by atoms with van der Waals surface area (Å²) in [6, 6.07) is 7.94. The Kier molecular flexibility index (Phi) is 5.03. The number of thiophene rings is 1. The number of urea groups is 1. The number of carbonyl (C=O) groups is 1. The molecule has 1 N–H and O–H groups in total. The van der Waals surface area contributed by atoms with Crippen LogP contribution < -0.4 is 5.32 Å². The van der Waals surface area contributed by atoms with Crippen molar-refractivity contribution in [3.63, 3.8) is 0 Å². The van der Waals surface area contributed by atoms with Crippen molar-refractivity contribution in [2.24, 2.45) is 0 Å². The first-order valence-electron chi connectivity index (χ1n) is 7.87. The van der Waals surface area contributed by atoms with Gasteiger partial charge in [-0.2, -0.15) is 0 Å². The molecule has 2 aromatic heterocycles. The molecular formula is C17H22N2O3S. The maximum Gasteiger partial charge on any atom is 0.317 e. The average Bonchev–Trinajstić information content (AvgIpc) is 3.24. The summed E-state index contributed by atoms with van der Waals surface area (Å²) in [5.74, 6) is 1.96. The molecular weight excluding hydrogens is 312 g/mol. The summed E-state index contributed by atoms with van der Waals surface area (Å²) in [6.07, 6.45) is -0.182. The molecule has 2 aromatic rings. The molecule has 2 atom stereocenters. The van der Waals surface area contributed by atoms with Gasteiger partial charge in [0.05, 0.1) is 13.2 Å². The quantitative estimate of drug-likeness (QED) is 0.930. The van der Waals surface area contributed by atoms with Crippen molar-refractivity contribution >= 4 is 17.4 Å². The van der Waals surface area contributed by atoms with Gasteiger partial charge >= 0.3 is 6.03 Å². The van der Waals surface area contributed by atoms with Crippen LogP contribution in [0.4, 0.5) is 4.79 Å². The lowest BCUT2D eigenvalue weighted by atomic mass is 10.1. The van der Waals surface area contributed by atoms with Crippen LogP contribution in [0, 0.1) is 6.92 Å². The number of furan rings is 1. The first-order valence-corrected chi connectivity index (χ1v) is 8.75. The molecule has 3 heterocycles. The number of rotatable bonds is 4. The van der Waals surface area contributed by atoms with E-state index in [1.54, 1.807) is 16.2 Å². The number of ether oxygens (including phenoxy) is 1. The maximum absolute atomic E-state index is 12.4. The van der Waals surface area contributed by atoms with E-state index in [-0.39, 0.29) is 12.1 Å². The van der Waals surface area contributed by atoms with Gasteiger partial charge in [-0.05, 0) is 30.5 Å². The van der Waals surface area contributed by atoms with Crippen molar-refractivity contribution in [2.45, 2.75) is 25.9 Å². The van der Waals surface area contributed by atoms with Crippen LogP contribution in [-0.2, 0) is 4.74 Å². The summed E-state index contributed by atoms with van der Waals surface area (Å²) >= 11 is 1.72. The number of aryl methyl sites for hydroxylation is 1. The molecule has 0 aromatic carbocycles. The second kappa shape index (κ2) is 7.19. The largest absolute Gasteiger partial charge is 0.464 e. The lowest BCUT2D eigenvalue weighted by molar-refractivity contribution is -0.0263. The van der Waals surface area contributed by atoms with E-state index >= 15 is 0 Å². The zero-order valence-corrected chi connectivity index (χ0v) is 14.3. The summed E-state index contributed by atoms with van der Waals surface area (Å²) in [6.45, 7) is 6.32. The number of morpholine rings is 1. The van der Waals surface area contributed by atoms with Crippen LogP contribution in [0.5, 0.6) is 0 Å². The number of amides is 2. The van der Waals surface area contributed by atoms with E-state index in [4.69, 9.17) is 9.15 Å². The Morgan fingerprint density at radius 3 is 3.04 bits per heavy atom. The molecule has 2 amide bonds. The molecule has 5 nitrogen and oxygen atoms in total. The van der Waals surface area contributed by atoms with Crippen LogP contribution in [0.25, 0.3) is 0 Å². The highest BCUT2D eigenvalue weighted by molar-refractivity contribution is 7.10. The van der Waals surface area contributed by atoms with E-state index in [2.05, 4.69) is 23.7 Å². The van der Waals surface area contributed by atoms with Crippen molar-refractivity contribution in [2.75, 3.05) is 26.2 Å². The summed E-state index contributed by atoms with van der Waals surface area (Å²) < 4.78 is 11.3. The highest BCUT2D eigenvalue weighted by Gasteiger charge is 2.27. The van der Waals surface area contributed by atoms with E-state index in [9.17, 15) is 4.79 Å². The smallest absolute Gasteiger partial charge is 0.317 e. The van der Waals surface area contributed by atoms with Crippen LogP contribution in [0.2, 0.25) is 0 Å². The maximum atomic E-state index is 12.4. The van der Waals surface area contributed by atoms with Gasteiger partial charge in [-0.3, -0.25) is 0 Å². The van der Waals surface area contributed by atoms with Crippen LogP contribution in [0.1, 0.15) is 35.3 Å². The van der Waals surface area contributed by atoms with E-state index in [0.29, 0.717) is 32.2 Å². The van der Waals surface area contributed by atoms with E-state index in [1.807, 2.05) is 25.1 Å². The minimum atomic E-state index is -0.182. The van der Waals surface area contributed by atoms with Crippen LogP contribution in [0.15, 0.2) is 34.1 Å². The highest BCUT2D eigenvalue weighted by atomic mass is 32.1. The lowest BCUT2D eigenvalue weighted by Crippen LogP contribution is -2.47. The number of hydrogen-bond donors (Lipinski definition) is 1. The lowest BCUT2D eigenvalue weighted by Gasteiger charge is -2.32. The normalized spacial score (nSPS) is 19.6. The van der Waals surface area contributed by atoms with Gasteiger partial charge in [0.1, 0.15) is 17.6 Å². The van der Waals surface area contributed by atoms with Gasteiger partial charge in [0.25, 0.3) is 0 Å². The number of nitrogens with one attached hydrogen (secondary N) is 1. The first kappa shape index (κ1) is 16.1. The number of nitrogens with zero attached hydrogens (tertiary/aromatic N) is 1. The standard InChI is InChI=1S/C17H22N2O3S/c1-12(16-4-3-9-23-16)10-18-17(20)19-7-8-21-15(11-19)14-6-5-13(2)22-14/h3-6,9,12,15H,7-8,10-11H2,1-2H3,(H,18,20)/t12-,15+/m1/s1. The van der Waals surface area contributed by atoms with Gasteiger partial charge in [-0.1, -0.05) is 13.0 Å². The predicted molar refractivity (Wildman–Crippen MR) is 89.8 cm³/mol. The molecule has 0 radical (unpaired) electrons. The van der Waals surface area contributed by atoms with E-state index in [1.165, 1.54) is 4.88 Å². The molecule has 0 aliphatic carbocycles. The molecule has 3 rings (SSSR count). The van der Waals surface area contributed by atoms with Gasteiger partial charge in [0, 0.05) is 23.9 Å². The molecule has 1 fully saturated rings. The Balaban J connectivity index is 1.53. The van der Waals surface area contributed by atoms with Gasteiger partial charge in [-0.25, -0.2) is 4.79 Å². The summed E-state index contributed by atoms with van der Waals surface area (Å²) in [4.78, 5) is 15.5. The third kappa shape index (κ3) is 3.95. The second-order valence-electron chi connectivity index (χ2n) is 5.86. The molecule has 124 valence electrons. The molecule has 6 heteroatoms. The van der Waals surface area contributed by atoms with Gasteiger partial charge in [0.15, 0.2) is 0 Å². The molecule has 0 bridgehead atoms. The zero-order chi connectivity index (χ0) is 16.2. The summed E-state index contributed by atoms with van der Waals surface area (Å²) in [5, 5.41) is 5.09. The Bertz CT molecular complexity index is 638. The molecule has 0 saturated carbocycles. The minimum absolute atomic E-state index is 0.0371. The third-order valence-corrected chi connectivity index (χ3v) is 5.12. The number of carbonyl (C=O) groups excluding carboxylic acids is 1. The van der Waals surface area contributed by atoms with Crippen molar-refractivity contribution < 1.29 is 13.9 Å².